The van der Waals surface area contributed by atoms with Crippen LogP contribution in [0.5, 0.6) is 0 Å². The highest BCUT2D eigenvalue weighted by Gasteiger charge is 2.02. The normalized spacial score (nSPS) is 11.8. The van der Waals surface area contributed by atoms with Crippen LogP contribution in [0.2, 0.25) is 10.0 Å². The molecule has 1 rings (SSSR count). The molecule has 1 aromatic rings. The fraction of sp³-hybridized carbons (Fsp3) is 0.300. The van der Waals surface area contributed by atoms with Gasteiger partial charge in [0.15, 0.2) is 0 Å². The second-order valence-electron chi connectivity index (χ2n) is 3.50. The van der Waals surface area contributed by atoms with E-state index < -0.39 is 0 Å². The molecule has 4 nitrogen and oxygen atoms in total. The Morgan fingerprint density at radius 2 is 1.81 bits per heavy atom. The van der Waals surface area contributed by atoms with Crippen LogP contribution in [0.3, 0.4) is 0 Å². The Labute approximate surface area is 105 Å². The molecule has 4 N–H and O–H groups in total. The second-order valence-corrected chi connectivity index (χ2v) is 4.37. The fourth-order valence-corrected chi connectivity index (χ4v) is 1.65. The maximum absolute atomic E-state index is 5.87. The van der Waals surface area contributed by atoms with Crippen molar-refractivity contribution in [3.63, 3.8) is 0 Å². The number of hydrazine groups is 1. The van der Waals surface area contributed by atoms with Gasteiger partial charge in [-0.1, -0.05) is 23.2 Å². The maximum Gasteiger partial charge on any atom is 0.210 e. The molecule has 0 saturated heterocycles. The Hall–Kier alpha value is -0.970. The van der Waals surface area contributed by atoms with Gasteiger partial charge >= 0.3 is 0 Å². The van der Waals surface area contributed by atoms with E-state index in [1.54, 1.807) is 18.2 Å². The average Bonchev–Trinajstić information content (AvgIpc) is 2.14. The van der Waals surface area contributed by atoms with E-state index in [2.05, 4.69) is 15.7 Å². The number of nitrogens with two attached hydrogens (primary N) is 1. The zero-order valence-corrected chi connectivity index (χ0v) is 10.6. The lowest BCUT2D eigenvalue weighted by Gasteiger charge is -2.11. The van der Waals surface area contributed by atoms with Crippen LogP contribution in [0.25, 0.3) is 0 Å². The van der Waals surface area contributed by atoms with Gasteiger partial charge < -0.3 is 5.32 Å². The lowest BCUT2D eigenvalue weighted by molar-refractivity contribution is 0.819. The summed E-state index contributed by atoms with van der Waals surface area (Å²) in [5.41, 5.74) is 3.20. The molecular formula is C10H14Cl2N4. The van der Waals surface area contributed by atoms with Crippen molar-refractivity contribution in [1.29, 1.82) is 0 Å². The third kappa shape index (κ3) is 4.26. The predicted octanol–water partition coefficient (Wildman–Crippen LogP) is 2.63. The summed E-state index contributed by atoms with van der Waals surface area (Å²) in [4.78, 5) is 4.23. The van der Waals surface area contributed by atoms with Crippen molar-refractivity contribution in [3.8, 4) is 0 Å². The van der Waals surface area contributed by atoms with Gasteiger partial charge in [0, 0.05) is 21.8 Å². The molecule has 16 heavy (non-hydrogen) atoms. The first-order valence-corrected chi connectivity index (χ1v) is 5.54. The van der Waals surface area contributed by atoms with Gasteiger partial charge in [-0.3, -0.25) is 5.43 Å². The van der Waals surface area contributed by atoms with Crippen LogP contribution < -0.4 is 16.6 Å². The summed E-state index contributed by atoms with van der Waals surface area (Å²) < 4.78 is 0. The van der Waals surface area contributed by atoms with Crippen molar-refractivity contribution in [2.24, 2.45) is 10.8 Å². The maximum atomic E-state index is 5.87. The number of nitrogens with zero attached hydrogens (tertiary/aromatic N) is 1. The molecule has 6 heteroatoms. The van der Waals surface area contributed by atoms with Gasteiger partial charge in [0.25, 0.3) is 0 Å². The smallest absolute Gasteiger partial charge is 0.210 e. The molecule has 0 aromatic heterocycles. The van der Waals surface area contributed by atoms with Crippen LogP contribution in [0.4, 0.5) is 5.69 Å². The molecule has 0 aliphatic rings. The Morgan fingerprint density at radius 3 is 2.25 bits per heavy atom. The number of hydrogen-bond donors (Lipinski definition) is 3. The first-order chi connectivity index (χ1) is 7.51. The zero-order valence-electron chi connectivity index (χ0n) is 9.09. The molecule has 0 aliphatic heterocycles. The third-order valence-electron chi connectivity index (χ3n) is 1.65. The van der Waals surface area contributed by atoms with Gasteiger partial charge in [-0.2, -0.15) is 0 Å². The number of aliphatic imine (C=N–C) groups is 1. The van der Waals surface area contributed by atoms with Crippen molar-refractivity contribution in [2.75, 3.05) is 5.32 Å². The molecule has 0 radical (unpaired) electrons. The van der Waals surface area contributed by atoms with E-state index in [1.807, 2.05) is 13.8 Å². The minimum atomic E-state index is 0.133. The van der Waals surface area contributed by atoms with E-state index in [9.17, 15) is 0 Å². The number of benzene rings is 1. The molecule has 88 valence electrons. The minimum absolute atomic E-state index is 0.133. The minimum Gasteiger partial charge on any atom is -0.325 e. The number of nitrogens with one attached hydrogen (secondary N) is 2. The highest BCUT2D eigenvalue weighted by Crippen LogP contribution is 2.22. The van der Waals surface area contributed by atoms with Gasteiger partial charge in [-0.05, 0) is 32.0 Å². The summed E-state index contributed by atoms with van der Waals surface area (Å²) in [6.45, 7) is 3.90. The molecule has 0 unspecified atom stereocenters. The van der Waals surface area contributed by atoms with Crippen molar-refractivity contribution < 1.29 is 0 Å². The van der Waals surface area contributed by atoms with E-state index in [0.717, 1.165) is 5.69 Å². The Kier molecular flexibility index (Phi) is 4.86. The number of guanidine groups is 1. The number of hydrogen-bond acceptors (Lipinski definition) is 2. The molecule has 0 saturated carbocycles. The molecule has 0 amide bonds. The lowest BCUT2D eigenvalue weighted by Crippen LogP contribution is -2.36. The Morgan fingerprint density at radius 1 is 1.25 bits per heavy atom. The van der Waals surface area contributed by atoms with Gasteiger partial charge in [0.2, 0.25) is 5.96 Å². The van der Waals surface area contributed by atoms with Crippen molar-refractivity contribution in [1.82, 2.24) is 5.43 Å². The lowest BCUT2D eigenvalue weighted by atomic mass is 10.3. The zero-order chi connectivity index (χ0) is 12.1. The first kappa shape index (κ1) is 13.1. The van der Waals surface area contributed by atoms with E-state index in [-0.39, 0.29) is 6.04 Å². The standard InChI is InChI=1S/C10H14Cl2N4/c1-6(2)14-10(16-13)15-9-4-7(11)3-8(12)5-9/h3-6H,13H2,1-2H3,(H2,14,15,16). The van der Waals surface area contributed by atoms with Crippen LogP contribution in [0.1, 0.15) is 13.8 Å². The average molecular weight is 261 g/mol. The van der Waals surface area contributed by atoms with Gasteiger partial charge in [-0.15, -0.1) is 0 Å². The first-order valence-electron chi connectivity index (χ1n) is 4.79. The molecule has 0 heterocycles. The predicted molar refractivity (Wildman–Crippen MR) is 70.0 cm³/mol. The summed E-state index contributed by atoms with van der Waals surface area (Å²) in [6, 6.07) is 5.26. The van der Waals surface area contributed by atoms with Crippen LogP contribution in [-0.4, -0.2) is 12.0 Å². The quantitative estimate of drug-likeness (QED) is 0.332. The monoisotopic (exact) mass is 260 g/mol. The van der Waals surface area contributed by atoms with E-state index in [4.69, 9.17) is 29.0 Å². The molecule has 1 aromatic carbocycles. The van der Waals surface area contributed by atoms with Gasteiger partial charge in [-0.25, -0.2) is 10.8 Å². The summed E-state index contributed by atoms with van der Waals surface area (Å²) in [7, 11) is 0. The topological polar surface area (TPSA) is 62.4 Å². The van der Waals surface area contributed by atoms with Gasteiger partial charge in [0.05, 0.1) is 0 Å². The Bertz CT molecular complexity index is 370. The molecule has 0 aliphatic carbocycles. The fourth-order valence-electron chi connectivity index (χ4n) is 1.13. The van der Waals surface area contributed by atoms with Gasteiger partial charge in [0.1, 0.15) is 0 Å². The van der Waals surface area contributed by atoms with Crippen LogP contribution in [0.15, 0.2) is 23.2 Å². The second kappa shape index (κ2) is 5.94. The molecular weight excluding hydrogens is 247 g/mol. The number of anilines is 1. The molecule has 0 fully saturated rings. The summed E-state index contributed by atoms with van der Waals surface area (Å²) in [6.07, 6.45) is 0. The summed E-state index contributed by atoms with van der Waals surface area (Å²) in [5, 5.41) is 4.09. The molecule has 0 bridgehead atoms. The van der Waals surface area contributed by atoms with Crippen molar-refractivity contribution in [3.05, 3.63) is 28.2 Å². The number of halogens is 2. The van der Waals surface area contributed by atoms with Crippen LogP contribution >= 0.6 is 23.2 Å². The third-order valence-corrected chi connectivity index (χ3v) is 2.09. The SMILES string of the molecule is CC(C)N=C(NN)Nc1cc(Cl)cc(Cl)c1. The van der Waals surface area contributed by atoms with Crippen LogP contribution in [0, 0.1) is 0 Å². The molecule has 0 spiro atoms. The Balaban J connectivity index is 2.86. The van der Waals surface area contributed by atoms with E-state index >= 15 is 0 Å². The summed E-state index contributed by atoms with van der Waals surface area (Å²) >= 11 is 11.7. The number of rotatable bonds is 2. The summed E-state index contributed by atoms with van der Waals surface area (Å²) in [5.74, 6) is 5.80. The van der Waals surface area contributed by atoms with E-state index in [0.29, 0.717) is 16.0 Å². The van der Waals surface area contributed by atoms with Crippen LogP contribution in [-0.2, 0) is 0 Å². The largest absolute Gasteiger partial charge is 0.325 e. The van der Waals surface area contributed by atoms with E-state index in [1.165, 1.54) is 0 Å². The highest BCUT2D eigenvalue weighted by molar-refractivity contribution is 6.35. The van der Waals surface area contributed by atoms with Crippen molar-refractivity contribution in [2.45, 2.75) is 19.9 Å². The molecule has 0 atom stereocenters. The van der Waals surface area contributed by atoms with Crippen molar-refractivity contribution >= 4 is 34.8 Å². The highest BCUT2D eigenvalue weighted by atomic mass is 35.5.